The van der Waals surface area contributed by atoms with E-state index in [9.17, 15) is 0 Å². The second-order valence-electron chi connectivity index (χ2n) is 3.08. The molecule has 0 spiro atoms. The fraction of sp³-hybridized carbons (Fsp3) is 0.222. The van der Waals surface area contributed by atoms with Crippen LogP contribution in [0.5, 0.6) is 0 Å². The second kappa shape index (κ2) is 4.22. The number of nitrogens with zero attached hydrogens (tertiary/aromatic N) is 3. The summed E-state index contributed by atoms with van der Waals surface area (Å²) in [5.41, 5.74) is 7.58. The molecular weight excluding hydrogens is 210 g/mol. The van der Waals surface area contributed by atoms with Crippen LogP contribution in [-0.2, 0) is 6.54 Å². The highest BCUT2D eigenvalue weighted by Crippen LogP contribution is 2.25. The van der Waals surface area contributed by atoms with Crippen LogP contribution in [0.3, 0.4) is 0 Å². The minimum absolute atomic E-state index is 0.588. The number of rotatable bonds is 3. The molecule has 0 bridgehead atoms. The topological polar surface area (TPSA) is 76.7 Å². The summed E-state index contributed by atoms with van der Waals surface area (Å²) < 4.78 is 4.05. The van der Waals surface area contributed by atoms with Crippen molar-refractivity contribution in [2.45, 2.75) is 13.5 Å². The van der Waals surface area contributed by atoms with Crippen LogP contribution in [0.15, 0.2) is 18.6 Å². The molecule has 0 saturated heterocycles. The third kappa shape index (κ3) is 2.21. The molecule has 0 radical (unpaired) electrons. The third-order valence-corrected chi connectivity index (χ3v) is 2.95. The van der Waals surface area contributed by atoms with Crippen LogP contribution in [0, 0.1) is 6.92 Å². The molecule has 2 aromatic rings. The Kier molecular flexibility index (Phi) is 2.77. The Morgan fingerprint density at radius 1 is 1.53 bits per heavy atom. The van der Waals surface area contributed by atoms with Crippen molar-refractivity contribution in [3.8, 4) is 0 Å². The fourth-order valence-electron chi connectivity index (χ4n) is 1.11. The van der Waals surface area contributed by atoms with Gasteiger partial charge in [-0.3, -0.25) is 0 Å². The van der Waals surface area contributed by atoms with Crippen LogP contribution in [0.1, 0.15) is 11.3 Å². The average molecular weight is 221 g/mol. The Bertz CT molecular complexity index is 439. The summed E-state index contributed by atoms with van der Waals surface area (Å²) in [6.45, 7) is 2.60. The van der Waals surface area contributed by atoms with E-state index >= 15 is 0 Å². The van der Waals surface area contributed by atoms with E-state index in [1.807, 2.05) is 13.0 Å². The van der Waals surface area contributed by atoms with Crippen LogP contribution in [0.4, 0.5) is 10.8 Å². The molecular formula is C9H11N5S. The molecule has 0 amide bonds. The van der Waals surface area contributed by atoms with Gasteiger partial charge in [-0.05, 0) is 24.5 Å². The van der Waals surface area contributed by atoms with E-state index < -0.39 is 0 Å². The van der Waals surface area contributed by atoms with Crippen molar-refractivity contribution in [2.75, 3.05) is 11.1 Å². The maximum Gasteiger partial charge on any atom is 0.142 e. The quantitative estimate of drug-likeness (QED) is 0.820. The van der Waals surface area contributed by atoms with E-state index in [2.05, 4.69) is 19.7 Å². The number of anilines is 2. The molecule has 0 fully saturated rings. The first-order valence-corrected chi connectivity index (χ1v) is 5.25. The Morgan fingerprint density at radius 2 is 2.40 bits per heavy atom. The maximum absolute atomic E-state index is 5.64. The molecule has 3 N–H and O–H groups in total. The lowest BCUT2D eigenvalue weighted by Gasteiger charge is -2.02. The van der Waals surface area contributed by atoms with Crippen LogP contribution >= 0.6 is 11.5 Å². The predicted molar refractivity (Wildman–Crippen MR) is 60.6 cm³/mol. The van der Waals surface area contributed by atoms with Gasteiger partial charge in [-0.1, -0.05) is 0 Å². The van der Waals surface area contributed by atoms with Gasteiger partial charge < -0.3 is 11.1 Å². The lowest BCUT2D eigenvalue weighted by Crippen LogP contribution is -2.01. The van der Waals surface area contributed by atoms with Crippen LogP contribution in [0.2, 0.25) is 0 Å². The number of hydrogen-bond donors (Lipinski definition) is 2. The number of hydrogen-bond acceptors (Lipinski definition) is 6. The van der Waals surface area contributed by atoms with E-state index in [0.29, 0.717) is 12.4 Å². The zero-order valence-corrected chi connectivity index (χ0v) is 9.08. The molecule has 0 aliphatic rings. The first-order valence-electron chi connectivity index (χ1n) is 4.48. The van der Waals surface area contributed by atoms with Gasteiger partial charge in [0.05, 0.1) is 12.2 Å². The van der Waals surface area contributed by atoms with Gasteiger partial charge in [0, 0.05) is 11.8 Å². The normalized spacial score (nSPS) is 10.2. The standard InChI is InChI=1S/C9H11N5S/c1-6-8(10)14-15-9(6)12-4-7-2-3-11-5-13-7/h2-3,5,12H,4H2,1H3,(H2,10,14). The van der Waals surface area contributed by atoms with Crippen molar-refractivity contribution >= 4 is 22.4 Å². The van der Waals surface area contributed by atoms with E-state index in [1.165, 1.54) is 17.9 Å². The van der Waals surface area contributed by atoms with Gasteiger partial charge in [-0.15, -0.1) is 0 Å². The van der Waals surface area contributed by atoms with Gasteiger partial charge in [-0.25, -0.2) is 9.97 Å². The molecule has 15 heavy (non-hydrogen) atoms. The van der Waals surface area contributed by atoms with Gasteiger partial charge in [0.2, 0.25) is 0 Å². The summed E-state index contributed by atoms with van der Waals surface area (Å²) in [7, 11) is 0. The minimum atomic E-state index is 0.588. The number of nitrogens with two attached hydrogens (primary N) is 1. The monoisotopic (exact) mass is 221 g/mol. The van der Waals surface area contributed by atoms with Crippen molar-refractivity contribution in [3.05, 3.63) is 29.8 Å². The molecule has 78 valence electrons. The van der Waals surface area contributed by atoms with Crippen molar-refractivity contribution < 1.29 is 0 Å². The first kappa shape index (κ1) is 9.85. The van der Waals surface area contributed by atoms with E-state index in [-0.39, 0.29) is 0 Å². The summed E-state index contributed by atoms with van der Waals surface area (Å²) in [5.74, 6) is 0.588. The highest BCUT2D eigenvalue weighted by molar-refractivity contribution is 7.10. The average Bonchev–Trinajstić information content (AvgIpc) is 2.59. The SMILES string of the molecule is Cc1c(N)nsc1NCc1ccncn1. The zero-order valence-electron chi connectivity index (χ0n) is 8.27. The molecule has 6 heteroatoms. The largest absolute Gasteiger partial charge is 0.383 e. The fourth-order valence-corrected chi connectivity index (χ4v) is 1.81. The van der Waals surface area contributed by atoms with Gasteiger partial charge in [0.1, 0.15) is 17.1 Å². The smallest absolute Gasteiger partial charge is 0.142 e. The Labute approximate surface area is 91.5 Å². The Hall–Kier alpha value is -1.69. The van der Waals surface area contributed by atoms with Gasteiger partial charge in [0.15, 0.2) is 0 Å². The van der Waals surface area contributed by atoms with Crippen LogP contribution in [0.25, 0.3) is 0 Å². The molecule has 0 aliphatic carbocycles. The minimum Gasteiger partial charge on any atom is -0.383 e. The molecule has 0 unspecified atom stereocenters. The van der Waals surface area contributed by atoms with Gasteiger partial charge in [-0.2, -0.15) is 4.37 Å². The van der Waals surface area contributed by atoms with Crippen LogP contribution in [-0.4, -0.2) is 14.3 Å². The lowest BCUT2D eigenvalue weighted by atomic mass is 10.3. The Balaban J connectivity index is 2.02. The maximum atomic E-state index is 5.64. The second-order valence-corrected chi connectivity index (χ2v) is 3.85. The number of aromatic nitrogens is 3. The van der Waals surface area contributed by atoms with Crippen LogP contribution < -0.4 is 11.1 Å². The van der Waals surface area contributed by atoms with Gasteiger partial charge >= 0.3 is 0 Å². The molecule has 0 aliphatic heterocycles. The summed E-state index contributed by atoms with van der Waals surface area (Å²) in [6.07, 6.45) is 3.25. The zero-order chi connectivity index (χ0) is 10.7. The highest BCUT2D eigenvalue weighted by atomic mass is 32.1. The lowest BCUT2D eigenvalue weighted by molar-refractivity contribution is 1.01. The molecule has 0 aromatic carbocycles. The summed E-state index contributed by atoms with van der Waals surface area (Å²) >= 11 is 1.37. The molecule has 5 nitrogen and oxygen atoms in total. The molecule has 2 rings (SSSR count). The summed E-state index contributed by atoms with van der Waals surface area (Å²) in [5, 5.41) is 4.23. The molecule has 0 saturated carbocycles. The van der Waals surface area contributed by atoms with Crippen molar-refractivity contribution in [1.82, 2.24) is 14.3 Å². The van der Waals surface area contributed by atoms with E-state index in [0.717, 1.165) is 16.3 Å². The molecule has 2 heterocycles. The van der Waals surface area contributed by atoms with Crippen molar-refractivity contribution in [1.29, 1.82) is 0 Å². The third-order valence-electron chi connectivity index (χ3n) is 2.03. The van der Waals surface area contributed by atoms with Crippen molar-refractivity contribution in [3.63, 3.8) is 0 Å². The van der Waals surface area contributed by atoms with E-state index in [4.69, 9.17) is 5.73 Å². The molecule has 2 aromatic heterocycles. The summed E-state index contributed by atoms with van der Waals surface area (Å²) in [4.78, 5) is 7.96. The van der Waals surface area contributed by atoms with Gasteiger partial charge in [0.25, 0.3) is 0 Å². The highest BCUT2D eigenvalue weighted by Gasteiger charge is 2.05. The number of nitrogen functional groups attached to an aromatic ring is 1. The number of nitrogens with one attached hydrogen (secondary N) is 1. The van der Waals surface area contributed by atoms with Crippen molar-refractivity contribution in [2.24, 2.45) is 0 Å². The van der Waals surface area contributed by atoms with E-state index in [1.54, 1.807) is 6.20 Å². The summed E-state index contributed by atoms with van der Waals surface area (Å²) in [6, 6.07) is 1.87. The Morgan fingerprint density at radius 3 is 3.00 bits per heavy atom. The predicted octanol–water partition coefficient (Wildman–Crippen LogP) is 1.44. The molecule has 0 atom stereocenters. The first-order chi connectivity index (χ1) is 7.27.